The van der Waals surface area contributed by atoms with Crippen molar-refractivity contribution in [3.8, 4) is 11.5 Å². The van der Waals surface area contributed by atoms with Crippen molar-refractivity contribution in [3.63, 3.8) is 0 Å². The highest BCUT2D eigenvalue weighted by atomic mass is 16.6. The molecule has 1 aromatic carbocycles. The van der Waals surface area contributed by atoms with Gasteiger partial charge in [0.2, 0.25) is 5.79 Å². The Bertz CT molecular complexity index is 2130. The van der Waals surface area contributed by atoms with Crippen LogP contribution in [-0.4, -0.2) is 138 Å². The van der Waals surface area contributed by atoms with Crippen molar-refractivity contribution in [1.82, 2.24) is 4.90 Å². The number of carbonyl (C=O) groups excluding carboxylic acids is 4. The van der Waals surface area contributed by atoms with E-state index in [0.717, 1.165) is 17.6 Å². The quantitative estimate of drug-likeness (QED) is 0.112. The van der Waals surface area contributed by atoms with Crippen LogP contribution in [-0.2, 0) is 38.1 Å². The number of piperidine rings is 1. The highest BCUT2D eigenvalue weighted by Gasteiger charge is 2.53. The van der Waals surface area contributed by atoms with Crippen molar-refractivity contribution < 1.29 is 68.0 Å². The molecule has 1 saturated carbocycles. The predicted molar refractivity (Wildman–Crippen MR) is 278 cm³/mol. The van der Waals surface area contributed by atoms with Crippen LogP contribution in [0.5, 0.6) is 11.5 Å². The van der Waals surface area contributed by atoms with Crippen LogP contribution < -0.4 is 9.47 Å². The molecule has 1 aliphatic carbocycles. The third-order valence-corrected chi connectivity index (χ3v) is 16.3. The molecule has 15 nitrogen and oxygen atoms in total. The van der Waals surface area contributed by atoms with E-state index in [1.165, 1.54) is 12.0 Å². The molecule has 4 aliphatic rings. The van der Waals surface area contributed by atoms with Crippen molar-refractivity contribution in [2.24, 2.45) is 35.5 Å². The number of esters is 1. The molecular weight excluding hydrogens is 935 g/mol. The van der Waals surface area contributed by atoms with E-state index in [2.05, 4.69) is 0 Å². The van der Waals surface area contributed by atoms with Gasteiger partial charge in [-0.2, -0.15) is 0 Å². The lowest BCUT2D eigenvalue weighted by Gasteiger charge is -2.43. The molecule has 4 N–H and O–H groups in total. The molecule has 408 valence electrons. The summed E-state index contributed by atoms with van der Waals surface area (Å²) < 4.78 is 35.4. The average Bonchev–Trinajstić information content (AvgIpc) is 3.38. The standard InChI is InChI=1S/C58H87NO14/c1-34-17-13-12-14-18-35(2)45(44-24-23-42(68-8)32-50(44)69-9)31-43-22-20-40(7)58(67,73-43)55(64)56(65)59-26-16-15-19-46(59)57(66)72-49(37(4)29-41-21-25-47(60)51(30-41)70-10)33-48(61)36(3)28-39(6)53(63)54(71-11)52(62)38(5)27-34/h12-14,17-18,23-24,28,32,34,36-38,40-41,43,45-49,51,53-54,60-61,63,67H,15-16,19-22,25-27,29-31,33H2,1-11H3/b14-12+,17-13+,35-18+,39-28+/t34-,36-,37-,38-,40-,41+,43+,45?,46+,47-,48?,49+,51-,53-,54+,58-/m1/s1. The number of cyclic esters (lactones) is 1. The fraction of sp³-hybridized carbons (Fsp3) is 0.690. The Morgan fingerprint density at radius 1 is 0.808 bits per heavy atom. The fourth-order valence-corrected chi connectivity index (χ4v) is 11.5. The summed E-state index contributed by atoms with van der Waals surface area (Å²) in [6.45, 7) is 13.0. The van der Waals surface area contributed by atoms with Crippen molar-refractivity contribution in [2.45, 2.75) is 186 Å². The number of ether oxygens (including phenoxy) is 6. The number of allylic oxidation sites excluding steroid dienone is 6. The van der Waals surface area contributed by atoms with Crippen molar-refractivity contribution in [1.29, 1.82) is 0 Å². The second-order valence-corrected chi connectivity index (χ2v) is 21.7. The minimum atomic E-state index is -2.48. The van der Waals surface area contributed by atoms with Gasteiger partial charge in [0.15, 0.2) is 5.78 Å². The zero-order valence-electron chi connectivity index (χ0n) is 45.4. The summed E-state index contributed by atoms with van der Waals surface area (Å²) in [5.41, 5.74) is 2.21. The van der Waals surface area contributed by atoms with Crippen molar-refractivity contribution in [2.75, 3.05) is 35.0 Å². The molecule has 5 rings (SSSR count). The molecule has 0 radical (unpaired) electrons. The smallest absolute Gasteiger partial charge is 0.329 e. The highest BCUT2D eigenvalue weighted by molar-refractivity contribution is 6.39. The van der Waals surface area contributed by atoms with Gasteiger partial charge in [0, 0.05) is 62.5 Å². The number of amides is 1. The number of ketones is 2. The lowest BCUT2D eigenvalue weighted by atomic mass is 9.78. The number of rotatable bonds is 8. The van der Waals surface area contributed by atoms with Crippen LogP contribution in [0.1, 0.15) is 137 Å². The second-order valence-electron chi connectivity index (χ2n) is 21.7. The lowest BCUT2D eigenvalue weighted by molar-refractivity contribution is -0.264. The van der Waals surface area contributed by atoms with Gasteiger partial charge in [-0.05, 0) is 114 Å². The summed E-state index contributed by atoms with van der Waals surface area (Å²) in [7, 11) is 6.13. The van der Waals surface area contributed by atoms with E-state index >= 15 is 0 Å². The van der Waals surface area contributed by atoms with E-state index in [4.69, 9.17) is 28.4 Å². The minimum absolute atomic E-state index is 0.00188. The van der Waals surface area contributed by atoms with Gasteiger partial charge in [-0.3, -0.25) is 14.4 Å². The Morgan fingerprint density at radius 3 is 2.23 bits per heavy atom. The average molecular weight is 1020 g/mol. The summed E-state index contributed by atoms with van der Waals surface area (Å²) in [4.78, 5) is 58.8. The maximum atomic E-state index is 14.6. The van der Waals surface area contributed by atoms with Crippen LogP contribution in [0.25, 0.3) is 0 Å². The number of fused-ring (bicyclic) bond motifs is 3. The number of Topliss-reactive ketones (excluding diaryl/α,β-unsaturated/α-hetero) is 2. The van der Waals surface area contributed by atoms with E-state index in [9.17, 15) is 39.6 Å². The topological polar surface area (TPSA) is 208 Å². The van der Waals surface area contributed by atoms with Crippen LogP contribution in [0.4, 0.5) is 0 Å². The lowest BCUT2D eigenvalue weighted by Crippen LogP contribution is -2.60. The van der Waals surface area contributed by atoms with E-state index in [1.54, 1.807) is 54.2 Å². The first-order valence-electron chi connectivity index (χ1n) is 26.7. The van der Waals surface area contributed by atoms with Gasteiger partial charge in [0.25, 0.3) is 11.7 Å². The molecule has 3 heterocycles. The maximum absolute atomic E-state index is 14.6. The number of aliphatic hydroxyl groups excluding tert-OH is 3. The number of benzene rings is 1. The Kier molecular flexibility index (Phi) is 22.5. The molecule has 2 unspecified atom stereocenters. The number of methoxy groups -OCH3 is 4. The third kappa shape index (κ3) is 15.2. The monoisotopic (exact) mass is 1020 g/mol. The molecule has 3 aliphatic heterocycles. The van der Waals surface area contributed by atoms with Gasteiger partial charge in [-0.15, -0.1) is 0 Å². The van der Waals surface area contributed by atoms with Gasteiger partial charge >= 0.3 is 5.97 Å². The summed E-state index contributed by atoms with van der Waals surface area (Å²) in [5, 5.41) is 46.3. The number of nitrogens with zero attached hydrogens (tertiary/aromatic N) is 1. The minimum Gasteiger partial charge on any atom is -0.497 e. The van der Waals surface area contributed by atoms with Gasteiger partial charge in [0.05, 0.1) is 38.6 Å². The Balaban J connectivity index is 1.53. The molecule has 73 heavy (non-hydrogen) atoms. The fourth-order valence-electron chi connectivity index (χ4n) is 11.5. The molecule has 1 amide bonds. The van der Waals surface area contributed by atoms with Crippen LogP contribution in [0.2, 0.25) is 0 Å². The third-order valence-electron chi connectivity index (χ3n) is 16.3. The normalized spacial score (nSPS) is 38.2. The van der Waals surface area contributed by atoms with E-state index in [1.807, 2.05) is 70.2 Å². The van der Waals surface area contributed by atoms with Gasteiger partial charge in [-0.1, -0.05) is 82.7 Å². The summed E-state index contributed by atoms with van der Waals surface area (Å²) in [6, 6.07) is 4.43. The van der Waals surface area contributed by atoms with E-state index in [-0.39, 0.29) is 54.9 Å². The molecule has 2 bridgehead atoms. The zero-order valence-corrected chi connectivity index (χ0v) is 45.4. The molecule has 16 atom stereocenters. The molecule has 3 fully saturated rings. The van der Waals surface area contributed by atoms with Gasteiger partial charge in [-0.25, -0.2) is 4.79 Å². The number of carbonyl (C=O) groups is 4. The molecule has 0 spiro atoms. The SMILES string of the molecule is COc1ccc(C2C[C@@H]3CC[C@@H](C)[C@@](O)(O3)C(=O)C(=O)N3CCCC[C@H]3C(=O)O[C@H]([C@H](C)C[C@@H]3CC[C@@H](O)[C@H](OC)C3)CC(O)[C@H](C)/C=C(\C)[C@@H](O)[C@@H](OC)C(=O)[C@H](C)C[C@H](C)/C=C/C=C/C=C/2C)c(OC)c1. The highest BCUT2D eigenvalue weighted by Crippen LogP contribution is 2.43. The predicted octanol–water partition coefficient (Wildman–Crippen LogP) is 7.76. The summed E-state index contributed by atoms with van der Waals surface area (Å²) in [6.07, 6.45) is 11.1. The van der Waals surface area contributed by atoms with Gasteiger partial charge < -0.3 is 53.7 Å². The second kappa shape index (κ2) is 27.5. The maximum Gasteiger partial charge on any atom is 0.329 e. The Morgan fingerprint density at radius 2 is 1.55 bits per heavy atom. The van der Waals surface area contributed by atoms with Crippen LogP contribution in [0.15, 0.2) is 65.8 Å². The van der Waals surface area contributed by atoms with Crippen molar-refractivity contribution in [3.05, 3.63) is 71.4 Å². The van der Waals surface area contributed by atoms with Crippen molar-refractivity contribution >= 4 is 23.4 Å². The Hall–Kier alpha value is -4.22. The summed E-state index contributed by atoms with van der Waals surface area (Å²) in [5.74, 6) is -6.65. The molecule has 15 heteroatoms. The number of aliphatic hydroxyl groups is 4. The van der Waals surface area contributed by atoms with E-state index < -0.39 is 83.9 Å². The van der Waals surface area contributed by atoms with Crippen LogP contribution >= 0.6 is 0 Å². The van der Waals surface area contributed by atoms with E-state index in [0.29, 0.717) is 74.9 Å². The molecule has 2 saturated heterocycles. The Labute approximate surface area is 434 Å². The largest absolute Gasteiger partial charge is 0.497 e. The summed E-state index contributed by atoms with van der Waals surface area (Å²) >= 11 is 0. The zero-order chi connectivity index (χ0) is 53.7. The first kappa shape index (κ1) is 59.7. The molecule has 0 aromatic heterocycles. The first-order valence-corrected chi connectivity index (χ1v) is 26.7. The number of hydrogen-bond donors (Lipinski definition) is 4. The number of hydrogen-bond acceptors (Lipinski definition) is 14. The van der Waals surface area contributed by atoms with Crippen LogP contribution in [0, 0.1) is 35.5 Å². The molecule has 1 aromatic rings. The first-order chi connectivity index (χ1) is 34.7. The van der Waals surface area contributed by atoms with Gasteiger partial charge in [0.1, 0.15) is 35.9 Å². The molecular formula is C58H87NO14. The van der Waals surface area contributed by atoms with Crippen LogP contribution in [0.3, 0.4) is 0 Å².